The molecule has 116 valence electrons. The van der Waals surface area contributed by atoms with Crippen LogP contribution in [0.1, 0.15) is 0 Å². The van der Waals surface area contributed by atoms with Crippen LogP contribution >= 0.6 is 15.9 Å². The number of phenols is 1. The molecule has 1 aliphatic rings. The molecular weight excluding hydrogens is 374 g/mol. The lowest BCUT2D eigenvalue weighted by Crippen LogP contribution is -2.15. The Hall–Kier alpha value is -1.93. The zero-order valence-electron chi connectivity index (χ0n) is 11.7. The number of aromatic hydroxyl groups is 1. The first-order valence-electron chi connectivity index (χ1n) is 6.19. The number of halogens is 1. The first-order valence-corrected chi connectivity index (χ1v) is 8.47. The van der Waals surface area contributed by atoms with Gasteiger partial charge in [0.2, 0.25) is 9.84 Å². The van der Waals surface area contributed by atoms with Gasteiger partial charge in [0, 0.05) is 12.1 Å². The van der Waals surface area contributed by atoms with Crippen LogP contribution in [0.2, 0.25) is 0 Å². The van der Waals surface area contributed by atoms with E-state index in [-0.39, 0.29) is 25.8 Å². The standard InChI is InChI=1S/C14H12BrNO5S/c1-20-7-3-4-8-11(5-7)22(18,19)14-9(16-8)6-10(21-2)13(17)12(14)15/h3-6,16-17H,1-2H3. The molecule has 0 fully saturated rings. The molecule has 2 N–H and O–H groups in total. The van der Waals surface area contributed by atoms with E-state index in [4.69, 9.17) is 9.47 Å². The number of hydrogen-bond donors (Lipinski definition) is 2. The SMILES string of the molecule is COc1ccc2c(c1)S(=O)(=O)c1c(cc(OC)c(O)c1Br)N2. The molecule has 0 saturated carbocycles. The smallest absolute Gasteiger partial charge is 0.212 e. The Balaban J connectivity index is 2.33. The van der Waals surface area contributed by atoms with E-state index >= 15 is 0 Å². The third-order valence-corrected chi connectivity index (χ3v) is 6.31. The lowest BCUT2D eigenvalue weighted by molar-refractivity contribution is 0.371. The van der Waals surface area contributed by atoms with Gasteiger partial charge >= 0.3 is 0 Å². The Morgan fingerprint density at radius 3 is 2.50 bits per heavy atom. The fourth-order valence-corrected chi connectivity index (χ4v) is 5.00. The highest BCUT2D eigenvalue weighted by Gasteiger charge is 2.34. The Morgan fingerprint density at radius 1 is 1.14 bits per heavy atom. The Bertz CT molecular complexity index is 879. The Morgan fingerprint density at radius 2 is 1.86 bits per heavy atom. The number of sulfone groups is 1. The van der Waals surface area contributed by atoms with Gasteiger partial charge in [-0.2, -0.15) is 0 Å². The van der Waals surface area contributed by atoms with E-state index in [0.717, 1.165) is 0 Å². The zero-order valence-corrected chi connectivity index (χ0v) is 14.1. The van der Waals surface area contributed by atoms with E-state index in [9.17, 15) is 13.5 Å². The zero-order chi connectivity index (χ0) is 16.1. The second-order valence-corrected chi connectivity index (χ2v) is 7.26. The molecule has 8 heteroatoms. The van der Waals surface area contributed by atoms with E-state index in [1.165, 1.54) is 26.4 Å². The topological polar surface area (TPSA) is 84.9 Å². The summed E-state index contributed by atoms with van der Waals surface area (Å²) in [6.07, 6.45) is 0. The van der Waals surface area contributed by atoms with Crippen LogP contribution in [0.3, 0.4) is 0 Å². The average molecular weight is 386 g/mol. The fourth-order valence-electron chi connectivity index (χ4n) is 2.32. The van der Waals surface area contributed by atoms with Gasteiger partial charge < -0.3 is 19.9 Å². The molecule has 1 aliphatic heterocycles. The Kier molecular flexibility index (Phi) is 3.45. The fraction of sp³-hybridized carbons (Fsp3) is 0.143. The molecule has 0 bridgehead atoms. The highest BCUT2D eigenvalue weighted by Crippen LogP contribution is 2.50. The maximum atomic E-state index is 12.9. The summed E-state index contributed by atoms with van der Waals surface area (Å²) < 4.78 is 35.9. The van der Waals surface area contributed by atoms with Gasteiger partial charge in [0.05, 0.1) is 35.0 Å². The van der Waals surface area contributed by atoms with Crippen LogP contribution in [0.4, 0.5) is 11.4 Å². The van der Waals surface area contributed by atoms with E-state index in [0.29, 0.717) is 17.1 Å². The number of fused-ring (bicyclic) bond motifs is 2. The molecule has 0 aliphatic carbocycles. The molecule has 0 radical (unpaired) electrons. The van der Waals surface area contributed by atoms with Crippen molar-refractivity contribution in [1.82, 2.24) is 0 Å². The van der Waals surface area contributed by atoms with Crippen molar-refractivity contribution >= 4 is 37.1 Å². The monoisotopic (exact) mass is 385 g/mol. The van der Waals surface area contributed by atoms with E-state index < -0.39 is 9.84 Å². The molecule has 0 spiro atoms. The van der Waals surface area contributed by atoms with Crippen molar-refractivity contribution in [1.29, 1.82) is 0 Å². The van der Waals surface area contributed by atoms with Crippen molar-refractivity contribution < 1.29 is 23.0 Å². The third kappa shape index (κ3) is 2.02. The number of benzene rings is 2. The molecular formula is C14H12BrNO5S. The van der Waals surface area contributed by atoms with Crippen LogP contribution in [0.15, 0.2) is 38.5 Å². The normalized spacial score (nSPS) is 14.5. The van der Waals surface area contributed by atoms with Gasteiger partial charge in [0.15, 0.2) is 11.5 Å². The maximum absolute atomic E-state index is 12.9. The largest absolute Gasteiger partial charge is 0.503 e. The molecule has 0 saturated heterocycles. The average Bonchev–Trinajstić information content (AvgIpc) is 2.50. The summed E-state index contributed by atoms with van der Waals surface area (Å²) in [4.78, 5) is 0.0520. The molecule has 0 amide bonds. The van der Waals surface area contributed by atoms with Crippen LogP contribution < -0.4 is 14.8 Å². The number of ether oxygens (including phenoxy) is 2. The van der Waals surface area contributed by atoms with E-state index in [1.54, 1.807) is 12.1 Å². The summed E-state index contributed by atoms with van der Waals surface area (Å²) in [7, 11) is -0.961. The first kappa shape index (κ1) is 15.0. The molecule has 22 heavy (non-hydrogen) atoms. The van der Waals surface area contributed by atoms with Crippen molar-refractivity contribution in [2.24, 2.45) is 0 Å². The molecule has 0 unspecified atom stereocenters. The third-order valence-electron chi connectivity index (χ3n) is 3.40. The molecule has 1 heterocycles. The number of anilines is 2. The van der Waals surface area contributed by atoms with Crippen molar-refractivity contribution in [3.8, 4) is 17.2 Å². The van der Waals surface area contributed by atoms with Gasteiger partial charge in [0.1, 0.15) is 10.6 Å². The molecule has 2 aromatic carbocycles. The second-order valence-electron chi connectivity index (χ2n) is 4.61. The second kappa shape index (κ2) is 5.06. The number of rotatable bonds is 2. The summed E-state index contributed by atoms with van der Waals surface area (Å²) in [6.45, 7) is 0. The predicted octanol–water partition coefficient (Wildman–Crippen LogP) is 3.06. The number of nitrogens with one attached hydrogen (secondary N) is 1. The Labute approximate surface area is 135 Å². The van der Waals surface area contributed by atoms with E-state index in [1.807, 2.05) is 0 Å². The summed E-state index contributed by atoms with van der Waals surface area (Å²) >= 11 is 3.14. The molecule has 0 atom stereocenters. The van der Waals surface area contributed by atoms with Crippen LogP contribution in [0, 0.1) is 0 Å². The molecule has 2 aromatic rings. The predicted molar refractivity (Wildman–Crippen MR) is 84.1 cm³/mol. The minimum absolute atomic E-state index is 0.0356. The number of phenolic OH excluding ortho intramolecular Hbond substituents is 1. The minimum Gasteiger partial charge on any atom is -0.503 e. The first-order chi connectivity index (χ1) is 10.4. The van der Waals surface area contributed by atoms with Crippen LogP contribution in [0.25, 0.3) is 0 Å². The summed E-state index contributed by atoms with van der Waals surface area (Å²) in [5.74, 6) is 0.338. The minimum atomic E-state index is -3.82. The van der Waals surface area contributed by atoms with Crippen molar-refractivity contribution in [2.45, 2.75) is 9.79 Å². The van der Waals surface area contributed by atoms with Crippen molar-refractivity contribution in [3.05, 3.63) is 28.7 Å². The quantitative estimate of drug-likeness (QED) is 0.659. The molecule has 6 nitrogen and oxygen atoms in total. The molecule has 3 rings (SSSR count). The van der Waals surface area contributed by atoms with Crippen molar-refractivity contribution in [3.63, 3.8) is 0 Å². The number of hydrogen-bond acceptors (Lipinski definition) is 6. The van der Waals surface area contributed by atoms with Gasteiger partial charge in [-0.25, -0.2) is 8.42 Å². The number of methoxy groups -OCH3 is 2. The summed E-state index contributed by atoms with van der Waals surface area (Å²) in [5, 5.41) is 13.1. The van der Waals surface area contributed by atoms with Gasteiger partial charge in [-0.3, -0.25) is 0 Å². The highest BCUT2D eigenvalue weighted by molar-refractivity contribution is 9.10. The van der Waals surface area contributed by atoms with Gasteiger partial charge in [0.25, 0.3) is 0 Å². The lowest BCUT2D eigenvalue weighted by atomic mass is 10.2. The summed E-state index contributed by atoms with van der Waals surface area (Å²) in [6, 6.07) is 6.18. The van der Waals surface area contributed by atoms with Crippen LogP contribution in [0.5, 0.6) is 17.2 Å². The molecule has 0 aromatic heterocycles. The lowest BCUT2D eigenvalue weighted by Gasteiger charge is -2.24. The van der Waals surface area contributed by atoms with Crippen LogP contribution in [-0.4, -0.2) is 27.7 Å². The van der Waals surface area contributed by atoms with Crippen LogP contribution in [-0.2, 0) is 9.84 Å². The van der Waals surface area contributed by atoms with Gasteiger partial charge in [-0.05, 0) is 28.1 Å². The summed E-state index contributed by atoms with van der Waals surface area (Å²) in [5.41, 5.74) is 0.770. The van der Waals surface area contributed by atoms with Gasteiger partial charge in [-0.1, -0.05) is 0 Å². The van der Waals surface area contributed by atoms with Crippen molar-refractivity contribution in [2.75, 3.05) is 19.5 Å². The maximum Gasteiger partial charge on any atom is 0.212 e. The highest BCUT2D eigenvalue weighted by atomic mass is 79.9. The van der Waals surface area contributed by atoms with E-state index in [2.05, 4.69) is 21.2 Å². The van der Waals surface area contributed by atoms with Gasteiger partial charge in [-0.15, -0.1) is 0 Å².